The fraction of sp³-hybridized carbons (Fsp3) is 0.462. The van der Waals surface area contributed by atoms with Crippen LogP contribution in [0.2, 0.25) is 0 Å². The molecule has 3 heterocycles. The minimum Gasteiger partial charge on any atom is -0.342 e. The van der Waals surface area contributed by atoms with E-state index in [4.69, 9.17) is 4.98 Å². The molecule has 0 unspecified atom stereocenters. The van der Waals surface area contributed by atoms with Crippen molar-refractivity contribution in [3.63, 3.8) is 0 Å². The van der Waals surface area contributed by atoms with Gasteiger partial charge in [0.2, 0.25) is 0 Å². The summed E-state index contributed by atoms with van der Waals surface area (Å²) in [6.45, 7) is 6.22. The minimum atomic E-state index is 0.225. The summed E-state index contributed by atoms with van der Waals surface area (Å²) >= 11 is 3.39. The molecule has 0 N–H and O–H groups in total. The summed E-state index contributed by atoms with van der Waals surface area (Å²) in [5, 5.41) is 8.62. The third-order valence-corrected chi connectivity index (χ3v) is 5.79. The van der Waals surface area contributed by atoms with E-state index in [9.17, 15) is 0 Å². The first kappa shape index (κ1) is 13.5. The highest BCUT2D eigenvalue weighted by Crippen LogP contribution is 2.34. The van der Waals surface area contributed by atoms with Gasteiger partial charge >= 0.3 is 0 Å². The Balaban J connectivity index is 1.95. The monoisotopic (exact) mass is 307 g/mol. The zero-order valence-electron chi connectivity index (χ0n) is 12.2. The maximum Gasteiger partial charge on any atom is 0.188 e. The largest absolute Gasteiger partial charge is 0.342 e. The van der Waals surface area contributed by atoms with Crippen molar-refractivity contribution in [3.8, 4) is 0 Å². The van der Waals surface area contributed by atoms with Crippen LogP contribution in [0.1, 0.15) is 29.4 Å². The lowest BCUT2D eigenvalue weighted by Crippen LogP contribution is -2.21. The highest BCUT2D eigenvalue weighted by molar-refractivity contribution is 7.22. The molecule has 1 atom stereocenters. The fourth-order valence-electron chi connectivity index (χ4n) is 2.12. The molecule has 3 aromatic rings. The van der Waals surface area contributed by atoms with Crippen LogP contribution >= 0.6 is 22.7 Å². The number of anilines is 1. The maximum atomic E-state index is 4.71. The number of aryl methyl sites for hydroxylation is 3. The van der Waals surface area contributed by atoms with Crippen molar-refractivity contribution in [1.29, 1.82) is 0 Å². The number of nitrogens with zero attached hydrogens (tertiary/aromatic N) is 5. The molecular formula is C13H17N5S2. The second-order valence-electron chi connectivity index (χ2n) is 4.97. The molecule has 0 fully saturated rings. The van der Waals surface area contributed by atoms with E-state index in [1.807, 2.05) is 25.6 Å². The summed E-state index contributed by atoms with van der Waals surface area (Å²) in [5.74, 6) is 0. The van der Waals surface area contributed by atoms with Crippen LogP contribution in [0.25, 0.3) is 10.3 Å². The Labute approximate surface area is 125 Å². The van der Waals surface area contributed by atoms with Crippen LogP contribution < -0.4 is 4.90 Å². The molecule has 7 heteroatoms. The Hall–Kier alpha value is -1.47. The van der Waals surface area contributed by atoms with Gasteiger partial charge in [-0.3, -0.25) is 0 Å². The molecule has 3 aromatic heterocycles. The lowest BCUT2D eigenvalue weighted by molar-refractivity contribution is 0.724. The third-order valence-electron chi connectivity index (χ3n) is 3.41. The lowest BCUT2D eigenvalue weighted by atomic mass is 10.3. The van der Waals surface area contributed by atoms with Crippen LogP contribution in [0.4, 0.5) is 5.13 Å². The molecule has 0 saturated carbocycles. The van der Waals surface area contributed by atoms with E-state index < -0.39 is 0 Å². The van der Waals surface area contributed by atoms with Crippen molar-refractivity contribution in [1.82, 2.24) is 19.7 Å². The molecule has 0 spiro atoms. The van der Waals surface area contributed by atoms with E-state index >= 15 is 0 Å². The van der Waals surface area contributed by atoms with Gasteiger partial charge in [-0.15, -0.1) is 11.3 Å². The standard InChI is InChI=1S/C13H17N5S2/c1-7-6-19-12(14-7)9(3)17(4)13-15-11-10(20-13)8(2)16-18(11)5/h6,9H,1-5H3/t9-/m0/s1. The fourth-order valence-corrected chi connectivity index (χ4v) is 4.09. The molecule has 0 aromatic carbocycles. The molecule has 0 aliphatic rings. The normalized spacial score (nSPS) is 13.1. The van der Waals surface area contributed by atoms with Gasteiger partial charge in [0.05, 0.1) is 16.4 Å². The topological polar surface area (TPSA) is 46.8 Å². The zero-order valence-corrected chi connectivity index (χ0v) is 13.8. The van der Waals surface area contributed by atoms with Crippen molar-refractivity contribution >= 4 is 38.2 Å². The molecule has 106 valence electrons. The van der Waals surface area contributed by atoms with Crippen molar-refractivity contribution in [3.05, 3.63) is 21.8 Å². The quantitative estimate of drug-likeness (QED) is 0.745. The third kappa shape index (κ3) is 2.10. The molecule has 0 aliphatic heterocycles. The van der Waals surface area contributed by atoms with Gasteiger partial charge < -0.3 is 4.90 Å². The van der Waals surface area contributed by atoms with E-state index in [-0.39, 0.29) is 6.04 Å². The number of hydrogen-bond acceptors (Lipinski definition) is 6. The molecule has 20 heavy (non-hydrogen) atoms. The van der Waals surface area contributed by atoms with Crippen LogP contribution in [0.15, 0.2) is 5.38 Å². The van der Waals surface area contributed by atoms with Gasteiger partial charge in [0.1, 0.15) is 5.01 Å². The maximum absolute atomic E-state index is 4.71. The highest BCUT2D eigenvalue weighted by atomic mass is 32.1. The summed E-state index contributed by atoms with van der Waals surface area (Å²) in [4.78, 5) is 11.5. The second-order valence-corrected chi connectivity index (χ2v) is 6.84. The predicted octanol–water partition coefficient (Wildman–Crippen LogP) is 3.30. The Morgan fingerprint density at radius 2 is 2.05 bits per heavy atom. The highest BCUT2D eigenvalue weighted by Gasteiger charge is 2.20. The van der Waals surface area contributed by atoms with Crippen molar-refractivity contribution < 1.29 is 0 Å². The number of fused-ring (bicyclic) bond motifs is 1. The SMILES string of the molecule is Cc1csc([C@H](C)N(C)c2nc3c(s2)c(C)nn3C)n1. The Bertz CT molecular complexity index is 720. The number of aromatic nitrogens is 4. The van der Waals surface area contributed by atoms with E-state index in [1.165, 1.54) is 0 Å². The van der Waals surface area contributed by atoms with E-state index in [2.05, 4.69) is 34.3 Å². The molecule has 0 amide bonds. The first-order valence-electron chi connectivity index (χ1n) is 6.42. The van der Waals surface area contributed by atoms with E-state index in [1.54, 1.807) is 22.7 Å². The second kappa shape index (κ2) is 4.82. The summed E-state index contributed by atoms with van der Waals surface area (Å²) in [5.41, 5.74) is 3.07. The van der Waals surface area contributed by atoms with Gasteiger partial charge in [0.25, 0.3) is 0 Å². The number of thiazole rings is 2. The molecular weight excluding hydrogens is 290 g/mol. The summed E-state index contributed by atoms with van der Waals surface area (Å²) < 4.78 is 3.01. The van der Waals surface area contributed by atoms with Gasteiger partial charge in [-0.05, 0) is 20.8 Å². The van der Waals surface area contributed by atoms with E-state index in [0.717, 1.165) is 31.9 Å². The van der Waals surface area contributed by atoms with Gasteiger partial charge in [-0.2, -0.15) is 5.10 Å². The van der Waals surface area contributed by atoms with E-state index in [0.29, 0.717) is 0 Å². The lowest BCUT2D eigenvalue weighted by Gasteiger charge is -2.22. The summed E-state index contributed by atoms with van der Waals surface area (Å²) in [7, 11) is 4.01. The smallest absolute Gasteiger partial charge is 0.188 e. The molecule has 0 saturated heterocycles. The number of hydrogen-bond donors (Lipinski definition) is 0. The van der Waals surface area contributed by atoms with Crippen LogP contribution in [0, 0.1) is 13.8 Å². The van der Waals surface area contributed by atoms with Crippen LogP contribution in [0.3, 0.4) is 0 Å². The first-order chi connectivity index (χ1) is 9.47. The Morgan fingerprint density at radius 3 is 2.65 bits per heavy atom. The molecule has 0 radical (unpaired) electrons. The molecule has 0 aliphatic carbocycles. The summed E-state index contributed by atoms with van der Waals surface area (Å²) in [6.07, 6.45) is 0. The van der Waals surface area contributed by atoms with Gasteiger partial charge in [0, 0.05) is 25.2 Å². The summed E-state index contributed by atoms with van der Waals surface area (Å²) in [6, 6.07) is 0.225. The molecule has 3 rings (SSSR count). The first-order valence-corrected chi connectivity index (χ1v) is 8.12. The number of rotatable bonds is 3. The molecule has 0 bridgehead atoms. The Morgan fingerprint density at radius 1 is 1.30 bits per heavy atom. The van der Waals surface area contributed by atoms with Crippen molar-refractivity contribution in [2.45, 2.75) is 26.8 Å². The van der Waals surface area contributed by atoms with Gasteiger partial charge in [-0.1, -0.05) is 11.3 Å². The van der Waals surface area contributed by atoms with Crippen molar-refractivity contribution in [2.24, 2.45) is 7.05 Å². The average Bonchev–Trinajstić information content (AvgIpc) is 3.07. The van der Waals surface area contributed by atoms with Gasteiger partial charge in [0.15, 0.2) is 10.8 Å². The predicted molar refractivity (Wildman–Crippen MR) is 84.8 cm³/mol. The minimum absolute atomic E-state index is 0.225. The van der Waals surface area contributed by atoms with Crippen LogP contribution in [-0.4, -0.2) is 26.8 Å². The van der Waals surface area contributed by atoms with Crippen LogP contribution in [0.5, 0.6) is 0 Å². The van der Waals surface area contributed by atoms with Crippen molar-refractivity contribution in [2.75, 3.05) is 11.9 Å². The van der Waals surface area contributed by atoms with Gasteiger partial charge in [-0.25, -0.2) is 14.6 Å². The average molecular weight is 307 g/mol. The zero-order chi connectivity index (χ0) is 14.4. The molecule has 5 nitrogen and oxygen atoms in total. The Kier molecular flexibility index (Phi) is 3.25. The van der Waals surface area contributed by atoms with Crippen LogP contribution in [-0.2, 0) is 7.05 Å².